The number of anilines is 1. The summed E-state index contributed by atoms with van der Waals surface area (Å²) in [5, 5.41) is 2.34. The van der Waals surface area contributed by atoms with Crippen molar-refractivity contribution in [2.24, 2.45) is 0 Å². The molecule has 21 heavy (non-hydrogen) atoms. The Morgan fingerprint density at radius 3 is 3.00 bits per heavy atom. The molecule has 3 atom stereocenters. The summed E-state index contributed by atoms with van der Waals surface area (Å²) in [7, 11) is 1.70. The molecule has 1 N–H and O–H groups in total. The third-order valence-electron chi connectivity index (χ3n) is 3.67. The third kappa shape index (κ3) is 4.04. The summed E-state index contributed by atoms with van der Waals surface area (Å²) >= 11 is 5.77. The van der Waals surface area contributed by atoms with Crippen LogP contribution in [0.2, 0.25) is 0 Å². The Labute approximate surface area is 129 Å². The van der Waals surface area contributed by atoms with Gasteiger partial charge in [-0.2, -0.15) is 0 Å². The molecule has 1 aliphatic heterocycles. The minimum Gasteiger partial charge on any atom is -0.380 e. The van der Waals surface area contributed by atoms with E-state index in [4.69, 9.17) is 16.3 Å². The largest absolute Gasteiger partial charge is 0.380 e. The predicted octanol–water partition coefficient (Wildman–Crippen LogP) is 1.12. The van der Waals surface area contributed by atoms with Crippen LogP contribution in [-0.2, 0) is 9.53 Å². The van der Waals surface area contributed by atoms with Crippen LogP contribution in [0, 0.1) is 6.92 Å². The van der Waals surface area contributed by atoms with Crippen molar-refractivity contribution in [2.45, 2.75) is 37.8 Å². The normalized spacial score (nSPS) is 23.1. The van der Waals surface area contributed by atoms with Gasteiger partial charge in [0.05, 0.1) is 12.1 Å². The summed E-state index contributed by atoms with van der Waals surface area (Å²) in [6.45, 7) is 4.87. The molecule has 1 aromatic heterocycles. The first-order chi connectivity index (χ1) is 10.0. The number of nitrogens with one attached hydrogen (secondary N) is 1. The molecule has 2 heterocycles. The van der Waals surface area contributed by atoms with Crippen LogP contribution in [-0.4, -0.2) is 53.6 Å². The summed E-state index contributed by atoms with van der Waals surface area (Å²) in [5.41, 5.74) is 0.915. The number of amides is 1. The lowest BCUT2D eigenvalue weighted by Gasteiger charge is -2.25. The smallest absolute Gasteiger partial charge is 0.237 e. The van der Waals surface area contributed by atoms with E-state index in [-0.39, 0.29) is 18.1 Å². The van der Waals surface area contributed by atoms with Crippen molar-refractivity contribution in [1.29, 1.82) is 0 Å². The first-order valence-corrected chi connectivity index (χ1v) is 7.44. The van der Waals surface area contributed by atoms with E-state index >= 15 is 0 Å². The maximum absolute atomic E-state index is 11.6. The van der Waals surface area contributed by atoms with Crippen molar-refractivity contribution < 1.29 is 9.53 Å². The summed E-state index contributed by atoms with van der Waals surface area (Å²) in [6.07, 6.45) is 2.54. The number of alkyl halides is 1. The van der Waals surface area contributed by atoms with E-state index in [1.807, 2.05) is 13.0 Å². The minimum atomic E-state index is -0.528. The molecule has 6 nitrogen and oxygen atoms in total. The number of halogens is 1. The van der Waals surface area contributed by atoms with Gasteiger partial charge in [0.25, 0.3) is 0 Å². The first-order valence-electron chi connectivity index (χ1n) is 7.01. The van der Waals surface area contributed by atoms with Gasteiger partial charge in [0.1, 0.15) is 17.5 Å². The van der Waals surface area contributed by atoms with Crippen molar-refractivity contribution in [3.05, 3.63) is 18.1 Å². The number of methoxy groups -OCH3 is 1. The second kappa shape index (κ2) is 7.04. The van der Waals surface area contributed by atoms with Crippen molar-refractivity contribution in [3.8, 4) is 0 Å². The van der Waals surface area contributed by atoms with Crippen LogP contribution < -0.4 is 10.2 Å². The molecule has 1 unspecified atom stereocenters. The lowest BCUT2D eigenvalue weighted by molar-refractivity contribution is -0.120. The van der Waals surface area contributed by atoms with Gasteiger partial charge in [-0.15, -0.1) is 11.6 Å². The zero-order chi connectivity index (χ0) is 15.4. The molecular weight excluding hydrogens is 292 g/mol. The van der Waals surface area contributed by atoms with Crippen LogP contribution in [0.3, 0.4) is 0 Å². The zero-order valence-corrected chi connectivity index (χ0v) is 13.3. The van der Waals surface area contributed by atoms with Gasteiger partial charge in [-0.1, -0.05) is 0 Å². The van der Waals surface area contributed by atoms with Crippen LogP contribution in [0.25, 0.3) is 0 Å². The molecule has 0 spiro atoms. The van der Waals surface area contributed by atoms with E-state index in [1.165, 1.54) is 0 Å². The highest BCUT2D eigenvalue weighted by molar-refractivity contribution is 6.30. The van der Waals surface area contributed by atoms with Crippen molar-refractivity contribution in [2.75, 3.05) is 25.1 Å². The maximum atomic E-state index is 11.6. The van der Waals surface area contributed by atoms with Gasteiger partial charge in [-0.05, 0) is 20.3 Å². The maximum Gasteiger partial charge on any atom is 0.237 e. The standard InChI is InChI=1S/C14H21ClN4O2/c1-9-4-13(18-8-17-9)19-7-12(21-3)5-11(19)6-16-14(20)10(2)15/h4,8,10-12H,5-7H2,1-3H3,(H,16,20)/t10?,11-,12-/m0/s1. The summed E-state index contributed by atoms with van der Waals surface area (Å²) < 4.78 is 5.45. The highest BCUT2D eigenvalue weighted by atomic mass is 35.5. The monoisotopic (exact) mass is 312 g/mol. The predicted molar refractivity (Wildman–Crippen MR) is 81.6 cm³/mol. The van der Waals surface area contributed by atoms with Crippen LogP contribution in [0.5, 0.6) is 0 Å². The molecular formula is C14H21ClN4O2. The fourth-order valence-electron chi connectivity index (χ4n) is 2.48. The van der Waals surface area contributed by atoms with E-state index in [0.717, 1.165) is 24.5 Å². The van der Waals surface area contributed by atoms with Crippen LogP contribution in [0.4, 0.5) is 5.82 Å². The number of hydrogen-bond donors (Lipinski definition) is 1. The third-order valence-corrected chi connectivity index (χ3v) is 3.86. The lowest BCUT2D eigenvalue weighted by atomic mass is 10.2. The molecule has 2 rings (SSSR count). The average molecular weight is 313 g/mol. The fourth-order valence-corrected chi connectivity index (χ4v) is 2.55. The van der Waals surface area contributed by atoms with Gasteiger partial charge in [0.15, 0.2) is 0 Å². The number of carbonyl (C=O) groups excluding carboxylic acids is 1. The van der Waals surface area contributed by atoms with Crippen LogP contribution >= 0.6 is 11.6 Å². The van der Waals surface area contributed by atoms with E-state index in [9.17, 15) is 4.79 Å². The quantitative estimate of drug-likeness (QED) is 0.825. The second-order valence-corrected chi connectivity index (χ2v) is 5.93. The average Bonchev–Trinajstić information content (AvgIpc) is 2.88. The number of aryl methyl sites for hydroxylation is 1. The van der Waals surface area contributed by atoms with Crippen molar-refractivity contribution in [1.82, 2.24) is 15.3 Å². The highest BCUT2D eigenvalue weighted by Crippen LogP contribution is 2.25. The summed E-state index contributed by atoms with van der Waals surface area (Å²) in [6, 6.07) is 2.08. The summed E-state index contributed by atoms with van der Waals surface area (Å²) in [4.78, 5) is 22.2. The van der Waals surface area contributed by atoms with E-state index < -0.39 is 5.38 Å². The van der Waals surface area contributed by atoms with E-state index in [1.54, 1.807) is 20.4 Å². The number of aromatic nitrogens is 2. The Bertz CT molecular complexity index is 498. The molecule has 0 bridgehead atoms. The molecule has 0 aliphatic carbocycles. The fraction of sp³-hybridized carbons (Fsp3) is 0.643. The molecule has 1 aliphatic rings. The summed E-state index contributed by atoms with van der Waals surface area (Å²) in [5.74, 6) is 0.705. The first kappa shape index (κ1) is 16.0. The molecule has 1 amide bonds. The van der Waals surface area contributed by atoms with Crippen LogP contribution in [0.1, 0.15) is 19.0 Å². The van der Waals surface area contributed by atoms with Gasteiger partial charge >= 0.3 is 0 Å². The van der Waals surface area contributed by atoms with Crippen LogP contribution in [0.15, 0.2) is 12.4 Å². The molecule has 0 radical (unpaired) electrons. The van der Waals surface area contributed by atoms with Crippen molar-refractivity contribution >= 4 is 23.3 Å². The van der Waals surface area contributed by atoms with Gasteiger partial charge in [0, 0.05) is 32.0 Å². The topological polar surface area (TPSA) is 67.3 Å². The van der Waals surface area contributed by atoms with Gasteiger partial charge in [-0.3, -0.25) is 4.79 Å². The molecule has 1 saturated heterocycles. The van der Waals surface area contributed by atoms with Crippen molar-refractivity contribution in [3.63, 3.8) is 0 Å². The minimum absolute atomic E-state index is 0.135. The number of nitrogens with zero attached hydrogens (tertiary/aromatic N) is 3. The number of hydrogen-bond acceptors (Lipinski definition) is 5. The van der Waals surface area contributed by atoms with Gasteiger partial charge in [-0.25, -0.2) is 9.97 Å². The number of carbonyl (C=O) groups is 1. The Morgan fingerprint density at radius 2 is 2.38 bits per heavy atom. The molecule has 1 aromatic rings. The van der Waals surface area contributed by atoms with E-state index in [2.05, 4.69) is 20.2 Å². The number of rotatable bonds is 5. The Morgan fingerprint density at radius 1 is 1.62 bits per heavy atom. The molecule has 116 valence electrons. The number of ether oxygens (including phenoxy) is 1. The Hall–Kier alpha value is -1.40. The van der Waals surface area contributed by atoms with E-state index in [0.29, 0.717) is 6.54 Å². The highest BCUT2D eigenvalue weighted by Gasteiger charge is 2.33. The SMILES string of the molecule is CO[C@H]1C[C@@H](CNC(=O)C(C)Cl)N(c2cc(C)ncn2)C1. The lowest BCUT2D eigenvalue weighted by Crippen LogP contribution is -2.42. The van der Waals surface area contributed by atoms with Gasteiger partial charge in [0.2, 0.25) is 5.91 Å². The Kier molecular flexibility index (Phi) is 5.36. The Balaban J connectivity index is 2.08. The molecule has 1 fully saturated rings. The second-order valence-electron chi connectivity index (χ2n) is 5.28. The molecule has 0 aromatic carbocycles. The molecule has 0 saturated carbocycles. The molecule has 7 heteroatoms. The van der Waals surface area contributed by atoms with Gasteiger partial charge < -0.3 is 15.0 Å². The zero-order valence-electron chi connectivity index (χ0n) is 12.5.